The molecule has 0 aliphatic rings. The van der Waals surface area contributed by atoms with Crippen LogP contribution in [0.2, 0.25) is 0 Å². The van der Waals surface area contributed by atoms with Gasteiger partial charge in [0.15, 0.2) is 5.52 Å². The first kappa shape index (κ1) is 10.1. The third-order valence-corrected chi connectivity index (χ3v) is 2.93. The van der Waals surface area contributed by atoms with Crippen molar-refractivity contribution in [2.45, 2.75) is 34.2 Å². The molecule has 0 saturated heterocycles. The lowest BCUT2D eigenvalue weighted by molar-refractivity contribution is -0.654. The van der Waals surface area contributed by atoms with E-state index in [-0.39, 0.29) is 0 Å². The van der Waals surface area contributed by atoms with Crippen LogP contribution >= 0.6 is 0 Å². The van der Waals surface area contributed by atoms with E-state index < -0.39 is 0 Å². The van der Waals surface area contributed by atoms with Crippen molar-refractivity contribution in [1.29, 1.82) is 0 Å². The zero-order valence-corrected chi connectivity index (χ0v) is 10.00. The van der Waals surface area contributed by atoms with Crippen LogP contribution in [0.5, 0.6) is 0 Å². The Labute approximate surface area is 89.6 Å². The molecule has 0 radical (unpaired) electrons. The first-order valence-electron chi connectivity index (χ1n) is 5.26. The van der Waals surface area contributed by atoms with Crippen molar-refractivity contribution in [2.75, 3.05) is 0 Å². The molecule has 0 bridgehead atoms. The maximum absolute atomic E-state index is 4.50. The van der Waals surface area contributed by atoms with E-state index in [1.807, 2.05) is 13.8 Å². The Kier molecular flexibility index (Phi) is 2.21. The molecule has 0 fully saturated rings. The van der Waals surface area contributed by atoms with Crippen LogP contribution < -0.4 is 4.57 Å². The average Bonchev–Trinajstić information content (AvgIpc) is 2.42. The van der Waals surface area contributed by atoms with Gasteiger partial charge in [-0.15, -0.1) is 0 Å². The highest BCUT2D eigenvalue weighted by atomic mass is 15.2. The molecule has 4 heteroatoms. The Morgan fingerprint density at radius 3 is 2.47 bits per heavy atom. The molecule has 0 spiro atoms. The second kappa shape index (κ2) is 3.29. The van der Waals surface area contributed by atoms with Gasteiger partial charge in [0.05, 0.1) is 19.3 Å². The van der Waals surface area contributed by atoms with Crippen LogP contribution in [0.3, 0.4) is 0 Å². The molecule has 4 nitrogen and oxygen atoms in total. The number of rotatable bonds is 1. The summed E-state index contributed by atoms with van der Waals surface area (Å²) in [5.74, 6) is 2.05. The summed E-state index contributed by atoms with van der Waals surface area (Å²) in [6.45, 7) is 9.19. The molecule has 0 amide bonds. The molecular weight excluding hydrogens is 188 g/mol. The van der Waals surface area contributed by atoms with Crippen LogP contribution in [0.4, 0.5) is 0 Å². The maximum atomic E-state index is 4.50. The molecule has 0 N–H and O–H groups in total. The van der Waals surface area contributed by atoms with Crippen LogP contribution in [0.1, 0.15) is 24.3 Å². The quantitative estimate of drug-likeness (QED) is 0.656. The fourth-order valence-corrected chi connectivity index (χ4v) is 2.12. The highest BCUT2D eigenvalue weighted by Crippen LogP contribution is 2.15. The largest absolute Gasteiger partial charge is 0.305 e. The monoisotopic (exact) mass is 205 g/mol. The standard InChI is InChI=1S/C11H17N4/c1-6-15-9(4)14(5)11-10(15)7(2)12-8(3)13-11/h6H2,1-5H3/q+1. The van der Waals surface area contributed by atoms with Crippen molar-refractivity contribution in [3.8, 4) is 0 Å². The Hall–Kier alpha value is -1.45. The van der Waals surface area contributed by atoms with Crippen molar-refractivity contribution < 1.29 is 4.57 Å². The third kappa shape index (κ3) is 1.32. The number of aromatic nitrogens is 4. The van der Waals surface area contributed by atoms with Gasteiger partial charge in [0, 0.05) is 13.8 Å². The molecule has 0 unspecified atom stereocenters. The second-order valence-electron chi connectivity index (χ2n) is 3.88. The van der Waals surface area contributed by atoms with Crippen molar-refractivity contribution in [3.05, 3.63) is 17.3 Å². The first-order valence-corrected chi connectivity index (χ1v) is 5.26. The SMILES string of the molecule is CCn1c(C)[n+](C)c2nc(C)nc(C)c21. The maximum Gasteiger partial charge on any atom is 0.305 e. The van der Waals surface area contributed by atoms with E-state index >= 15 is 0 Å². The molecule has 0 atom stereocenters. The molecule has 0 saturated carbocycles. The number of hydrogen-bond donors (Lipinski definition) is 0. The molecule has 0 aliphatic heterocycles. The normalized spacial score (nSPS) is 11.3. The van der Waals surface area contributed by atoms with E-state index in [1.54, 1.807) is 0 Å². The molecule has 2 rings (SSSR count). The van der Waals surface area contributed by atoms with E-state index in [2.05, 4.69) is 40.0 Å². The number of imidazole rings is 1. The fourth-order valence-electron chi connectivity index (χ4n) is 2.12. The van der Waals surface area contributed by atoms with Crippen molar-refractivity contribution in [3.63, 3.8) is 0 Å². The molecule has 0 aromatic carbocycles. The fraction of sp³-hybridized carbons (Fsp3) is 0.545. The summed E-state index contributed by atoms with van der Waals surface area (Å²) in [4.78, 5) is 8.92. The molecule has 80 valence electrons. The predicted octanol–water partition coefficient (Wildman–Crippen LogP) is 1.20. The zero-order valence-electron chi connectivity index (χ0n) is 10.00. The highest BCUT2D eigenvalue weighted by Gasteiger charge is 2.21. The van der Waals surface area contributed by atoms with Gasteiger partial charge in [0.1, 0.15) is 0 Å². The van der Waals surface area contributed by atoms with Crippen molar-refractivity contribution in [2.24, 2.45) is 7.05 Å². The molecule has 15 heavy (non-hydrogen) atoms. The lowest BCUT2D eigenvalue weighted by Gasteiger charge is -1.97. The Bertz CT molecular complexity index is 525. The van der Waals surface area contributed by atoms with Gasteiger partial charge >= 0.3 is 5.65 Å². The van der Waals surface area contributed by atoms with E-state index in [9.17, 15) is 0 Å². The van der Waals surface area contributed by atoms with Crippen molar-refractivity contribution in [1.82, 2.24) is 14.5 Å². The van der Waals surface area contributed by atoms with Crippen LogP contribution in [-0.4, -0.2) is 14.5 Å². The third-order valence-electron chi connectivity index (χ3n) is 2.93. The summed E-state index contributed by atoms with van der Waals surface area (Å²) in [6, 6.07) is 0. The summed E-state index contributed by atoms with van der Waals surface area (Å²) in [5.41, 5.74) is 3.24. The van der Waals surface area contributed by atoms with Gasteiger partial charge in [0.2, 0.25) is 11.6 Å². The van der Waals surface area contributed by atoms with Gasteiger partial charge in [0.25, 0.3) is 0 Å². The van der Waals surface area contributed by atoms with E-state index in [0.29, 0.717) is 0 Å². The van der Waals surface area contributed by atoms with E-state index in [0.717, 1.165) is 29.2 Å². The lowest BCUT2D eigenvalue weighted by atomic mass is 10.3. The minimum Gasteiger partial charge on any atom is -0.256 e. The number of hydrogen-bond acceptors (Lipinski definition) is 2. The summed E-state index contributed by atoms with van der Waals surface area (Å²) >= 11 is 0. The number of nitrogens with zero attached hydrogens (tertiary/aromatic N) is 4. The smallest absolute Gasteiger partial charge is 0.256 e. The topological polar surface area (TPSA) is 34.6 Å². The first-order chi connectivity index (χ1) is 7.06. The number of aryl methyl sites for hydroxylation is 4. The second-order valence-corrected chi connectivity index (χ2v) is 3.88. The Balaban J connectivity index is 2.97. The van der Waals surface area contributed by atoms with Crippen LogP contribution in [-0.2, 0) is 13.6 Å². The van der Waals surface area contributed by atoms with Gasteiger partial charge in [-0.25, -0.2) is 9.55 Å². The van der Waals surface area contributed by atoms with E-state index in [1.165, 1.54) is 5.82 Å². The molecule has 2 heterocycles. The summed E-state index contributed by atoms with van der Waals surface area (Å²) in [7, 11) is 2.05. The summed E-state index contributed by atoms with van der Waals surface area (Å²) in [5, 5.41) is 0. The van der Waals surface area contributed by atoms with Gasteiger partial charge in [-0.2, -0.15) is 0 Å². The predicted molar refractivity (Wildman–Crippen MR) is 58.6 cm³/mol. The Morgan fingerprint density at radius 1 is 1.20 bits per heavy atom. The van der Waals surface area contributed by atoms with Gasteiger partial charge in [-0.1, -0.05) is 4.98 Å². The molecular formula is C11H17N4+. The number of fused-ring (bicyclic) bond motifs is 1. The van der Waals surface area contributed by atoms with Crippen LogP contribution in [0.15, 0.2) is 0 Å². The van der Waals surface area contributed by atoms with Gasteiger partial charge < -0.3 is 0 Å². The van der Waals surface area contributed by atoms with Gasteiger partial charge in [-0.3, -0.25) is 4.57 Å². The zero-order chi connectivity index (χ0) is 11.2. The lowest BCUT2D eigenvalue weighted by Crippen LogP contribution is -2.31. The summed E-state index contributed by atoms with van der Waals surface area (Å²) in [6.07, 6.45) is 0. The van der Waals surface area contributed by atoms with Crippen molar-refractivity contribution >= 4 is 11.2 Å². The average molecular weight is 205 g/mol. The van der Waals surface area contributed by atoms with Gasteiger partial charge in [-0.05, 0) is 13.8 Å². The minimum absolute atomic E-state index is 0.837. The minimum atomic E-state index is 0.837. The molecule has 0 aliphatic carbocycles. The Morgan fingerprint density at radius 2 is 1.87 bits per heavy atom. The highest BCUT2D eigenvalue weighted by molar-refractivity contribution is 5.70. The summed E-state index contributed by atoms with van der Waals surface area (Å²) < 4.78 is 4.38. The van der Waals surface area contributed by atoms with E-state index in [4.69, 9.17) is 0 Å². The molecule has 2 aromatic heterocycles. The van der Waals surface area contributed by atoms with Crippen LogP contribution in [0, 0.1) is 20.8 Å². The van der Waals surface area contributed by atoms with Crippen LogP contribution in [0.25, 0.3) is 11.2 Å². The molecule has 2 aromatic rings.